The molecule has 0 aliphatic carbocycles. The molecule has 0 fully saturated rings. The number of anilines is 1. The van der Waals surface area contributed by atoms with Crippen LogP contribution in [0.25, 0.3) is 0 Å². The van der Waals surface area contributed by atoms with Gasteiger partial charge in [0, 0.05) is 32.4 Å². The van der Waals surface area contributed by atoms with Gasteiger partial charge in [-0.25, -0.2) is 0 Å². The number of nitrogens with zero attached hydrogens (tertiary/aromatic N) is 1. The summed E-state index contributed by atoms with van der Waals surface area (Å²) in [5.41, 5.74) is 1.19. The van der Waals surface area contributed by atoms with Crippen molar-refractivity contribution >= 4 is 18.3 Å². The van der Waals surface area contributed by atoms with Gasteiger partial charge in [0.05, 0.1) is 0 Å². The molecule has 0 heterocycles. The van der Waals surface area contributed by atoms with Gasteiger partial charge in [0.2, 0.25) is 0 Å². The standard InChI is InChI=1S/C10H16BNO4/c1-12(2)8-4-5-10(16-7-15-3)9(6-8)11(13)14/h4-6,13-14H,7H2,1-3H3. The van der Waals surface area contributed by atoms with E-state index < -0.39 is 7.12 Å². The zero-order valence-corrected chi connectivity index (χ0v) is 9.67. The number of hydrogen-bond donors (Lipinski definition) is 2. The van der Waals surface area contributed by atoms with Crippen molar-refractivity contribution in [2.75, 3.05) is 32.9 Å². The van der Waals surface area contributed by atoms with E-state index in [1.807, 2.05) is 25.1 Å². The summed E-state index contributed by atoms with van der Waals surface area (Å²) >= 11 is 0. The minimum absolute atomic E-state index is 0.0705. The van der Waals surface area contributed by atoms with Gasteiger partial charge in [-0.3, -0.25) is 0 Å². The summed E-state index contributed by atoms with van der Waals surface area (Å²) in [6, 6.07) is 5.18. The van der Waals surface area contributed by atoms with Crippen LogP contribution in [0.3, 0.4) is 0 Å². The Balaban J connectivity index is 2.99. The summed E-state index contributed by atoms with van der Waals surface area (Å²) in [7, 11) is 3.69. The third kappa shape index (κ3) is 3.13. The fraction of sp³-hybridized carbons (Fsp3) is 0.400. The van der Waals surface area contributed by atoms with E-state index in [4.69, 9.17) is 9.47 Å². The van der Waals surface area contributed by atoms with Crippen molar-refractivity contribution < 1.29 is 19.5 Å². The fourth-order valence-corrected chi connectivity index (χ4v) is 1.27. The number of benzene rings is 1. The van der Waals surface area contributed by atoms with E-state index in [1.165, 1.54) is 7.11 Å². The SMILES string of the molecule is COCOc1ccc(N(C)C)cc1B(O)O. The van der Waals surface area contributed by atoms with Gasteiger partial charge in [0.15, 0.2) is 6.79 Å². The molecular formula is C10H16BNO4. The Kier molecular flexibility index (Phi) is 4.60. The zero-order valence-electron chi connectivity index (χ0n) is 9.67. The summed E-state index contributed by atoms with van der Waals surface area (Å²) in [5.74, 6) is 0.405. The molecular weight excluding hydrogens is 209 g/mol. The fourth-order valence-electron chi connectivity index (χ4n) is 1.27. The van der Waals surface area contributed by atoms with E-state index in [1.54, 1.807) is 12.1 Å². The maximum atomic E-state index is 9.23. The molecule has 88 valence electrons. The molecule has 2 N–H and O–H groups in total. The molecule has 0 spiro atoms. The molecule has 0 radical (unpaired) electrons. The van der Waals surface area contributed by atoms with Gasteiger partial charge in [-0.1, -0.05) is 0 Å². The highest BCUT2D eigenvalue weighted by molar-refractivity contribution is 6.59. The van der Waals surface area contributed by atoms with Crippen molar-refractivity contribution in [1.29, 1.82) is 0 Å². The van der Waals surface area contributed by atoms with Crippen LogP contribution in [0.4, 0.5) is 5.69 Å². The molecule has 6 heteroatoms. The molecule has 0 aliphatic rings. The van der Waals surface area contributed by atoms with E-state index in [-0.39, 0.29) is 6.79 Å². The molecule has 5 nitrogen and oxygen atoms in total. The second kappa shape index (κ2) is 5.74. The highest BCUT2D eigenvalue weighted by Crippen LogP contribution is 2.16. The van der Waals surface area contributed by atoms with E-state index in [9.17, 15) is 10.0 Å². The van der Waals surface area contributed by atoms with Crippen molar-refractivity contribution in [2.45, 2.75) is 0 Å². The molecule has 1 aromatic rings. The van der Waals surface area contributed by atoms with Crippen LogP contribution in [0.5, 0.6) is 5.75 Å². The predicted octanol–water partition coefficient (Wildman–Crippen LogP) is -0.585. The highest BCUT2D eigenvalue weighted by Gasteiger charge is 2.18. The van der Waals surface area contributed by atoms with Gasteiger partial charge < -0.3 is 24.4 Å². The Morgan fingerprint density at radius 2 is 2.00 bits per heavy atom. The van der Waals surface area contributed by atoms with Crippen molar-refractivity contribution in [3.8, 4) is 5.75 Å². The van der Waals surface area contributed by atoms with Crippen LogP contribution in [-0.4, -0.2) is 45.2 Å². The quantitative estimate of drug-likeness (QED) is 0.518. The number of methoxy groups -OCH3 is 1. The lowest BCUT2D eigenvalue weighted by molar-refractivity contribution is 0.0517. The molecule has 0 unspecified atom stereocenters. The lowest BCUT2D eigenvalue weighted by atomic mass is 9.79. The Morgan fingerprint density at radius 1 is 1.31 bits per heavy atom. The first-order valence-electron chi connectivity index (χ1n) is 4.85. The van der Waals surface area contributed by atoms with Crippen LogP contribution in [0.2, 0.25) is 0 Å². The summed E-state index contributed by atoms with van der Waals surface area (Å²) < 4.78 is 9.98. The van der Waals surface area contributed by atoms with Crippen LogP contribution in [0.1, 0.15) is 0 Å². The van der Waals surface area contributed by atoms with Gasteiger partial charge in [0.25, 0.3) is 0 Å². The first-order chi connectivity index (χ1) is 7.56. The number of ether oxygens (including phenoxy) is 2. The average molecular weight is 225 g/mol. The van der Waals surface area contributed by atoms with Gasteiger partial charge in [0.1, 0.15) is 5.75 Å². The second-order valence-corrected chi connectivity index (χ2v) is 3.54. The Labute approximate surface area is 95.4 Å². The van der Waals surface area contributed by atoms with Crippen molar-refractivity contribution in [3.63, 3.8) is 0 Å². The molecule has 0 saturated heterocycles. The van der Waals surface area contributed by atoms with E-state index >= 15 is 0 Å². The second-order valence-electron chi connectivity index (χ2n) is 3.54. The van der Waals surface area contributed by atoms with Crippen molar-refractivity contribution in [1.82, 2.24) is 0 Å². The first-order valence-corrected chi connectivity index (χ1v) is 4.85. The van der Waals surface area contributed by atoms with Gasteiger partial charge >= 0.3 is 7.12 Å². The van der Waals surface area contributed by atoms with Crippen LogP contribution in [-0.2, 0) is 4.74 Å². The topological polar surface area (TPSA) is 62.2 Å². The molecule has 1 aromatic carbocycles. The molecule has 1 rings (SSSR count). The van der Waals surface area contributed by atoms with Crippen molar-refractivity contribution in [2.24, 2.45) is 0 Å². The zero-order chi connectivity index (χ0) is 12.1. The first kappa shape index (κ1) is 12.8. The third-order valence-electron chi connectivity index (χ3n) is 2.12. The summed E-state index contributed by atoms with van der Waals surface area (Å²) in [5, 5.41) is 18.5. The highest BCUT2D eigenvalue weighted by atomic mass is 16.7. The number of rotatable bonds is 5. The van der Waals surface area contributed by atoms with Gasteiger partial charge in [-0.15, -0.1) is 0 Å². The molecule has 0 aromatic heterocycles. The normalized spacial score (nSPS) is 10.1. The lowest BCUT2D eigenvalue weighted by Crippen LogP contribution is -2.32. The monoisotopic (exact) mass is 225 g/mol. The van der Waals surface area contributed by atoms with Crippen LogP contribution < -0.4 is 15.1 Å². The summed E-state index contributed by atoms with van der Waals surface area (Å²) in [4.78, 5) is 1.87. The summed E-state index contributed by atoms with van der Waals surface area (Å²) in [6.45, 7) is 0.0705. The van der Waals surface area contributed by atoms with Crippen LogP contribution in [0.15, 0.2) is 18.2 Å². The largest absolute Gasteiger partial charge is 0.492 e. The maximum absolute atomic E-state index is 9.23. The van der Waals surface area contributed by atoms with E-state index in [0.29, 0.717) is 11.2 Å². The maximum Gasteiger partial charge on any atom is 0.492 e. The lowest BCUT2D eigenvalue weighted by Gasteiger charge is -2.16. The molecule has 0 aliphatic heterocycles. The Morgan fingerprint density at radius 3 is 2.50 bits per heavy atom. The summed E-state index contributed by atoms with van der Waals surface area (Å²) in [6.07, 6.45) is 0. The number of hydrogen-bond acceptors (Lipinski definition) is 5. The molecule has 0 bridgehead atoms. The molecule has 0 saturated carbocycles. The van der Waals surface area contributed by atoms with Crippen LogP contribution >= 0.6 is 0 Å². The van der Waals surface area contributed by atoms with Crippen molar-refractivity contribution in [3.05, 3.63) is 18.2 Å². The van der Waals surface area contributed by atoms with E-state index in [0.717, 1.165) is 5.69 Å². The third-order valence-corrected chi connectivity index (χ3v) is 2.12. The Bertz CT molecular complexity index is 344. The predicted molar refractivity (Wildman–Crippen MR) is 63.1 cm³/mol. The van der Waals surface area contributed by atoms with Gasteiger partial charge in [-0.2, -0.15) is 0 Å². The smallest absolute Gasteiger partial charge is 0.468 e. The minimum Gasteiger partial charge on any atom is -0.468 e. The van der Waals surface area contributed by atoms with E-state index in [2.05, 4.69) is 0 Å². The average Bonchev–Trinajstić information content (AvgIpc) is 2.25. The molecule has 16 heavy (non-hydrogen) atoms. The minimum atomic E-state index is -1.56. The van der Waals surface area contributed by atoms with Gasteiger partial charge in [-0.05, 0) is 18.2 Å². The van der Waals surface area contributed by atoms with Crippen LogP contribution in [0, 0.1) is 0 Å². The molecule has 0 atom stereocenters. The Hall–Kier alpha value is -1.24. The molecule has 0 amide bonds.